The van der Waals surface area contributed by atoms with Crippen molar-refractivity contribution in [3.8, 4) is 0 Å². The number of nitrogens with one attached hydrogen (secondary N) is 2. The first-order valence-corrected chi connectivity index (χ1v) is 10.2. The van der Waals surface area contributed by atoms with Crippen LogP contribution in [0, 0.1) is 11.8 Å². The van der Waals surface area contributed by atoms with Gasteiger partial charge in [0.15, 0.2) is 0 Å². The molecule has 2 amide bonds. The molecule has 5 nitrogen and oxygen atoms in total. The molecule has 2 heterocycles. The number of carbonyl (C=O) groups excluding carboxylic acids is 1. The zero-order valence-corrected chi connectivity index (χ0v) is 16.5. The Kier molecular flexibility index (Phi) is 7.03. The van der Waals surface area contributed by atoms with E-state index in [0.717, 1.165) is 63.2 Å². The molecule has 144 valence electrons. The molecule has 2 N–H and O–H groups in total. The SMILES string of the molecule is CC1CCN(CCNC(=O)NC[C@@H]2CCN(c3ccc(Cl)cc3)C2)CC1. The summed E-state index contributed by atoms with van der Waals surface area (Å²) < 4.78 is 0. The molecule has 3 rings (SSSR count). The van der Waals surface area contributed by atoms with Crippen molar-refractivity contribution in [3.63, 3.8) is 0 Å². The van der Waals surface area contributed by atoms with E-state index < -0.39 is 0 Å². The van der Waals surface area contributed by atoms with Gasteiger partial charge in [0.25, 0.3) is 0 Å². The van der Waals surface area contributed by atoms with Crippen LogP contribution in [-0.2, 0) is 0 Å². The largest absolute Gasteiger partial charge is 0.371 e. The topological polar surface area (TPSA) is 47.6 Å². The van der Waals surface area contributed by atoms with Gasteiger partial charge in [-0.1, -0.05) is 18.5 Å². The standard InChI is InChI=1S/C20H31ClN4O/c1-16-6-10-24(11-7-16)13-9-22-20(26)23-14-17-8-12-25(15-17)19-4-2-18(21)3-5-19/h2-5,16-17H,6-15H2,1H3,(H2,22,23,26)/t17-/m0/s1. The summed E-state index contributed by atoms with van der Waals surface area (Å²) in [5.41, 5.74) is 1.21. The second-order valence-electron chi connectivity index (χ2n) is 7.74. The molecule has 0 bridgehead atoms. The summed E-state index contributed by atoms with van der Waals surface area (Å²) in [7, 11) is 0. The van der Waals surface area contributed by atoms with Crippen LogP contribution in [-0.4, -0.2) is 56.7 Å². The van der Waals surface area contributed by atoms with Gasteiger partial charge in [-0.2, -0.15) is 0 Å². The van der Waals surface area contributed by atoms with Gasteiger partial charge in [-0.15, -0.1) is 0 Å². The molecule has 0 radical (unpaired) electrons. The predicted octanol–water partition coefficient (Wildman–Crippen LogP) is 3.20. The molecular formula is C20H31ClN4O. The van der Waals surface area contributed by atoms with Crippen molar-refractivity contribution >= 4 is 23.3 Å². The first kappa shape index (κ1) is 19.3. The van der Waals surface area contributed by atoms with Crippen LogP contribution in [0.15, 0.2) is 24.3 Å². The van der Waals surface area contributed by atoms with Gasteiger partial charge >= 0.3 is 6.03 Å². The van der Waals surface area contributed by atoms with Crippen molar-refractivity contribution < 1.29 is 4.79 Å². The van der Waals surface area contributed by atoms with Crippen molar-refractivity contribution in [2.75, 3.05) is 50.7 Å². The summed E-state index contributed by atoms with van der Waals surface area (Å²) >= 11 is 5.95. The van der Waals surface area contributed by atoms with Crippen LogP contribution in [0.3, 0.4) is 0 Å². The second kappa shape index (κ2) is 9.47. The van der Waals surface area contributed by atoms with Crippen molar-refractivity contribution in [2.45, 2.75) is 26.2 Å². The molecule has 1 aromatic carbocycles. The Labute approximate surface area is 162 Å². The Balaban J connectivity index is 1.29. The number of hydrogen-bond donors (Lipinski definition) is 2. The van der Waals surface area contributed by atoms with Crippen LogP contribution in [0.4, 0.5) is 10.5 Å². The zero-order chi connectivity index (χ0) is 18.4. The van der Waals surface area contributed by atoms with Crippen molar-refractivity contribution in [3.05, 3.63) is 29.3 Å². The fraction of sp³-hybridized carbons (Fsp3) is 0.650. The summed E-state index contributed by atoms with van der Waals surface area (Å²) in [5, 5.41) is 6.79. The molecule has 6 heteroatoms. The molecule has 0 saturated carbocycles. The fourth-order valence-electron chi connectivity index (χ4n) is 3.80. The molecule has 0 spiro atoms. The van der Waals surface area contributed by atoms with Crippen LogP contribution in [0.2, 0.25) is 5.02 Å². The molecule has 2 aliphatic rings. The van der Waals surface area contributed by atoms with E-state index >= 15 is 0 Å². The summed E-state index contributed by atoms with van der Waals surface area (Å²) in [6.45, 7) is 9.06. The average Bonchev–Trinajstić information content (AvgIpc) is 3.11. The van der Waals surface area contributed by atoms with Gasteiger partial charge in [0.2, 0.25) is 0 Å². The number of carbonyl (C=O) groups is 1. The number of urea groups is 1. The molecule has 1 aromatic rings. The lowest BCUT2D eigenvalue weighted by Crippen LogP contribution is -2.43. The lowest BCUT2D eigenvalue weighted by molar-refractivity contribution is 0.191. The lowest BCUT2D eigenvalue weighted by Gasteiger charge is -2.30. The van der Waals surface area contributed by atoms with Gasteiger partial charge in [0.05, 0.1) is 0 Å². The molecular weight excluding hydrogens is 348 g/mol. The molecule has 0 unspecified atom stereocenters. The highest BCUT2D eigenvalue weighted by atomic mass is 35.5. The van der Waals surface area contributed by atoms with Crippen LogP contribution < -0.4 is 15.5 Å². The van der Waals surface area contributed by atoms with E-state index in [0.29, 0.717) is 5.92 Å². The maximum absolute atomic E-state index is 12.0. The normalized spacial score (nSPS) is 21.8. The van der Waals surface area contributed by atoms with Gasteiger partial charge < -0.3 is 20.4 Å². The van der Waals surface area contributed by atoms with Crippen LogP contribution in [0.5, 0.6) is 0 Å². The zero-order valence-electron chi connectivity index (χ0n) is 15.7. The first-order chi connectivity index (χ1) is 12.6. The molecule has 1 atom stereocenters. The summed E-state index contributed by atoms with van der Waals surface area (Å²) in [5.74, 6) is 1.35. The van der Waals surface area contributed by atoms with E-state index in [2.05, 4.69) is 39.5 Å². The Morgan fingerprint density at radius 1 is 1.12 bits per heavy atom. The third-order valence-electron chi connectivity index (χ3n) is 5.62. The van der Waals surface area contributed by atoms with Crippen molar-refractivity contribution in [1.82, 2.24) is 15.5 Å². The minimum atomic E-state index is -0.0414. The predicted molar refractivity (Wildman–Crippen MR) is 108 cm³/mol. The summed E-state index contributed by atoms with van der Waals surface area (Å²) in [6.07, 6.45) is 3.66. The van der Waals surface area contributed by atoms with E-state index in [-0.39, 0.29) is 6.03 Å². The smallest absolute Gasteiger partial charge is 0.314 e. The molecule has 2 fully saturated rings. The number of nitrogens with zero attached hydrogens (tertiary/aromatic N) is 2. The Morgan fingerprint density at radius 3 is 2.58 bits per heavy atom. The second-order valence-corrected chi connectivity index (χ2v) is 8.17. The monoisotopic (exact) mass is 378 g/mol. The Hall–Kier alpha value is -1.46. The number of amides is 2. The first-order valence-electron chi connectivity index (χ1n) is 9.84. The van der Waals surface area contributed by atoms with Gasteiger partial charge in [-0.25, -0.2) is 4.79 Å². The maximum atomic E-state index is 12.0. The van der Waals surface area contributed by atoms with Gasteiger partial charge in [-0.3, -0.25) is 0 Å². The highest BCUT2D eigenvalue weighted by Gasteiger charge is 2.23. The van der Waals surface area contributed by atoms with Crippen molar-refractivity contribution in [1.29, 1.82) is 0 Å². The van der Waals surface area contributed by atoms with Crippen LogP contribution in [0.25, 0.3) is 0 Å². The quantitative estimate of drug-likeness (QED) is 0.799. The summed E-state index contributed by atoms with van der Waals surface area (Å²) in [4.78, 5) is 16.8. The van der Waals surface area contributed by atoms with E-state index in [1.165, 1.54) is 18.5 Å². The lowest BCUT2D eigenvalue weighted by atomic mass is 9.99. The Morgan fingerprint density at radius 2 is 1.85 bits per heavy atom. The fourth-order valence-corrected chi connectivity index (χ4v) is 3.92. The van der Waals surface area contributed by atoms with Crippen LogP contribution >= 0.6 is 11.6 Å². The average molecular weight is 379 g/mol. The minimum Gasteiger partial charge on any atom is -0.371 e. The van der Waals surface area contributed by atoms with Gasteiger partial charge in [0.1, 0.15) is 0 Å². The molecule has 26 heavy (non-hydrogen) atoms. The number of piperidine rings is 1. The highest BCUT2D eigenvalue weighted by molar-refractivity contribution is 6.30. The number of likely N-dealkylation sites (tertiary alicyclic amines) is 1. The Bertz CT molecular complexity index is 572. The molecule has 0 aromatic heterocycles. The molecule has 2 aliphatic heterocycles. The van der Waals surface area contributed by atoms with E-state index in [1.54, 1.807) is 0 Å². The van der Waals surface area contributed by atoms with Gasteiger partial charge in [-0.05, 0) is 68.5 Å². The van der Waals surface area contributed by atoms with E-state index in [4.69, 9.17) is 11.6 Å². The number of halogens is 1. The highest BCUT2D eigenvalue weighted by Crippen LogP contribution is 2.24. The van der Waals surface area contributed by atoms with Gasteiger partial charge in [0, 0.05) is 43.4 Å². The van der Waals surface area contributed by atoms with E-state index in [9.17, 15) is 4.79 Å². The number of hydrogen-bond acceptors (Lipinski definition) is 3. The number of rotatable bonds is 6. The maximum Gasteiger partial charge on any atom is 0.314 e. The molecule has 0 aliphatic carbocycles. The third-order valence-corrected chi connectivity index (χ3v) is 5.87. The number of anilines is 1. The minimum absolute atomic E-state index is 0.0414. The molecule has 2 saturated heterocycles. The third kappa shape index (κ3) is 5.78. The summed E-state index contributed by atoms with van der Waals surface area (Å²) in [6, 6.07) is 7.94. The number of benzene rings is 1. The van der Waals surface area contributed by atoms with Crippen molar-refractivity contribution in [2.24, 2.45) is 11.8 Å². The van der Waals surface area contributed by atoms with Crippen LogP contribution in [0.1, 0.15) is 26.2 Å². The van der Waals surface area contributed by atoms with E-state index in [1.807, 2.05) is 12.1 Å².